The van der Waals surface area contributed by atoms with Crippen LogP contribution in [-0.2, 0) is 0 Å². The SMILES string of the molecule is Cc1ccc(OC(c2cncc(Cl)c2)C2CCNC2)c(Cl)c1. The summed E-state index contributed by atoms with van der Waals surface area (Å²) in [4.78, 5) is 4.19. The van der Waals surface area contributed by atoms with Crippen LogP contribution in [0.15, 0.2) is 36.7 Å². The number of aryl methyl sites for hydroxylation is 1. The molecular formula is C17H18Cl2N2O. The number of benzene rings is 1. The molecule has 1 N–H and O–H groups in total. The van der Waals surface area contributed by atoms with E-state index in [-0.39, 0.29) is 6.10 Å². The fraction of sp³-hybridized carbons (Fsp3) is 0.353. The minimum Gasteiger partial charge on any atom is -0.484 e. The van der Waals surface area contributed by atoms with Crippen molar-refractivity contribution in [1.29, 1.82) is 0 Å². The number of hydrogen-bond acceptors (Lipinski definition) is 3. The van der Waals surface area contributed by atoms with Crippen molar-refractivity contribution in [3.8, 4) is 5.75 Å². The second kappa shape index (κ2) is 6.86. The Morgan fingerprint density at radius 3 is 2.82 bits per heavy atom. The van der Waals surface area contributed by atoms with Gasteiger partial charge in [-0.3, -0.25) is 4.98 Å². The number of halogens is 2. The van der Waals surface area contributed by atoms with Crippen LogP contribution in [0.25, 0.3) is 0 Å². The summed E-state index contributed by atoms with van der Waals surface area (Å²) in [5, 5.41) is 4.63. The Kier molecular flexibility index (Phi) is 4.87. The second-order valence-electron chi connectivity index (χ2n) is 5.66. The first-order valence-electron chi connectivity index (χ1n) is 7.37. The van der Waals surface area contributed by atoms with Crippen molar-refractivity contribution in [3.63, 3.8) is 0 Å². The zero-order valence-electron chi connectivity index (χ0n) is 12.4. The van der Waals surface area contributed by atoms with Gasteiger partial charge >= 0.3 is 0 Å². The molecule has 0 bridgehead atoms. The van der Waals surface area contributed by atoms with Gasteiger partial charge in [0.2, 0.25) is 0 Å². The molecule has 5 heteroatoms. The zero-order chi connectivity index (χ0) is 15.5. The van der Waals surface area contributed by atoms with E-state index in [1.165, 1.54) is 0 Å². The highest BCUT2D eigenvalue weighted by molar-refractivity contribution is 6.32. The molecule has 1 aromatic heterocycles. The van der Waals surface area contributed by atoms with Crippen molar-refractivity contribution < 1.29 is 4.74 Å². The largest absolute Gasteiger partial charge is 0.484 e. The van der Waals surface area contributed by atoms with Crippen LogP contribution in [0.5, 0.6) is 5.75 Å². The Bertz CT molecular complexity index is 657. The topological polar surface area (TPSA) is 34.1 Å². The van der Waals surface area contributed by atoms with E-state index < -0.39 is 0 Å². The number of aromatic nitrogens is 1. The molecule has 0 amide bonds. The summed E-state index contributed by atoms with van der Waals surface area (Å²) in [6.07, 6.45) is 4.40. The molecule has 1 fully saturated rings. The molecule has 1 aliphatic heterocycles. The normalized spacial score (nSPS) is 19.1. The van der Waals surface area contributed by atoms with Gasteiger partial charge in [-0.25, -0.2) is 0 Å². The first kappa shape index (κ1) is 15.6. The lowest BCUT2D eigenvalue weighted by atomic mass is 9.96. The highest BCUT2D eigenvalue weighted by Gasteiger charge is 2.29. The zero-order valence-corrected chi connectivity index (χ0v) is 13.9. The quantitative estimate of drug-likeness (QED) is 0.896. The van der Waals surface area contributed by atoms with Gasteiger partial charge in [0.05, 0.1) is 10.0 Å². The molecule has 0 aliphatic carbocycles. The van der Waals surface area contributed by atoms with Crippen molar-refractivity contribution in [2.75, 3.05) is 13.1 Å². The molecule has 1 aromatic carbocycles. The van der Waals surface area contributed by atoms with Crippen LogP contribution in [0.1, 0.15) is 23.7 Å². The highest BCUT2D eigenvalue weighted by atomic mass is 35.5. The van der Waals surface area contributed by atoms with Gasteiger partial charge in [-0.2, -0.15) is 0 Å². The molecule has 2 unspecified atom stereocenters. The fourth-order valence-corrected chi connectivity index (χ4v) is 3.26. The Labute approximate surface area is 140 Å². The van der Waals surface area contributed by atoms with Gasteiger partial charge in [0.25, 0.3) is 0 Å². The lowest BCUT2D eigenvalue weighted by Crippen LogP contribution is -2.21. The van der Waals surface area contributed by atoms with Gasteiger partial charge in [-0.15, -0.1) is 0 Å². The molecule has 2 aromatic rings. The van der Waals surface area contributed by atoms with Crippen molar-refractivity contribution in [1.82, 2.24) is 10.3 Å². The number of rotatable bonds is 4. The summed E-state index contributed by atoms with van der Waals surface area (Å²) in [7, 11) is 0. The Morgan fingerprint density at radius 2 is 2.14 bits per heavy atom. The molecule has 1 aliphatic rings. The van der Waals surface area contributed by atoms with Gasteiger partial charge in [-0.05, 0) is 43.7 Å². The number of ether oxygens (including phenoxy) is 1. The third kappa shape index (κ3) is 3.54. The maximum Gasteiger partial charge on any atom is 0.138 e. The molecule has 3 rings (SSSR count). The van der Waals surface area contributed by atoms with E-state index in [0.717, 1.165) is 30.6 Å². The van der Waals surface area contributed by atoms with E-state index in [9.17, 15) is 0 Å². The summed E-state index contributed by atoms with van der Waals surface area (Å²) < 4.78 is 6.25. The van der Waals surface area contributed by atoms with E-state index in [0.29, 0.717) is 21.7 Å². The summed E-state index contributed by atoms with van der Waals surface area (Å²) >= 11 is 12.4. The third-order valence-electron chi connectivity index (χ3n) is 3.92. The van der Waals surface area contributed by atoms with Crippen molar-refractivity contribution >= 4 is 23.2 Å². The smallest absolute Gasteiger partial charge is 0.138 e. The van der Waals surface area contributed by atoms with E-state index in [4.69, 9.17) is 27.9 Å². The molecule has 2 atom stereocenters. The van der Waals surface area contributed by atoms with Crippen LogP contribution in [0.3, 0.4) is 0 Å². The van der Waals surface area contributed by atoms with Gasteiger partial charge in [0.15, 0.2) is 0 Å². The summed E-state index contributed by atoms with van der Waals surface area (Å²) in [5.74, 6) is 1.07. The van der Waals surface area contributed by atoms with Crippen molar-refractivity contribution in [3.05, 3.63) is 57.8 Å². The van der Waals surface area contributed by atoms with Gasteiger partial charge < -0.3 is 10.1 Å². The van der Waals surface area contributed by atoms with E-state index in [1.54, 1.807) is 6.20 Å². The van der Waals surface area contributed by atoms with Gasteiger partial charge in [0.1, 0.15) is 11.9 Å². The first-order chi connectivity index (χ1) is 10.6. The van der Waals surface area contributed by atoms with Crippen molar-refractivity contribution in [2.45, 2.75) is 19.4 Å². The van der Waals surface area contributed by atoms with Crippen LogP contribution in [-0.4, -0.2) is 18.1 Å². The summed E-state index contributed by atoms with van der Waals surface area (Å²) in [6, 6.07) is 7.75. The Morgan fingerprint density at radius 1 is 1.27 bits per heavy atom. The molecule has 0 saturated carbocycles. The molecule has 0 radical (unpaired) electrons. The van der Waals surface area contributed by atoms with Crippen LogP contribution in [0.4, 0.5) is 0 Å². The third-order valence-corrected chi connectivity index (χ3v) is 4.42. The van der Waals surface area contributed by atoms with Crippen LogP contribution < -0.4 is 10.1 Å². The molecule has 116 valence electrons. The summed E-state index contributed by atoms with van der Waals surface area (Å²) in [6.45, 7) is 3.93. The lowest BCUT2D eigenvalue weighted by Gasteiger charge is -2.25. The fourth-order valence-electron chi connectivity index (χ4n) is 2.79. The molecule has 1 saturated heterocycles. The number of pyridine rings is 1. The average Bonchev–Trinajstić information content (AvgIpc) is 3.00. The standard InChI is InChI=1S/C17H18Cl2N2O/c1-11-2-3-16(15(19)6-11)22-17(12-4-5-20-8-12)13-7-14(18)10-21-9-13/h2-3,6-7,9-10,12,17,20H,4-5,8H2,1H3. The van der Waals surface area contributed by atoms with Crippen LogP contribution in [0.2, 0.25) is 10.0 Å². The monoisotopic (exact) mass is 336 g/mol. The van der Waals surface area contributed by atoms with E-state index in [2.05, 4.69) is 10.3 Å². The molecule has 0 spiro atoms. The molecule has 3 nitrogen and oxygen atoms in total. The Hall–Kier alpha value is -1.29. The minimum atomic E-state index is -0.110. The second-order valence-corrected chi connectivity index (χ2v) is 6.51. The number of nitrogens with zero attached hydrogens (tertiary/aromatic N) is 1. The highest BCUT2D eigenvalue weighted by Crippen LogP contribution is 2.35. The number of hydrogen-bond donors (Lipinski definition) is 1. The minimum absolute atomic E-state index is 0.110. The maximum atomic E-state index is 6.32. The number of nitrogens with one attached hydrogen (secondary N) is 1. The molecular weight excluding hydrogens is 319 g/mol. The Balaban J connectivity index is 1.91. The lowest BCUT2D eigenvalue weighted by molar-refractivity contribution is 0.144. The van der Waals surface area contributed by atoms with E-state index >= 15 is 0 Å². The summed E-state index contributed by atoms with van der Waals surface area (Å²) in [5.41, 5.74) is 2.10. The van der Waals surface area contributed by atoms with Crippen LogP contribution >= 0.6 is 23.2 Å². The predicted octanol–water partition coefficient (Wildman–Crippen LogP) is 4.43. The first-order valence-corrected chi connectivity index (χ1v) is 8.13. The average molecular weight is 337 g/mol. The van der Waals surface area contributed by atoms with Crippen LogP contribution in [0, 0.1) is 12.8 Å². The van der Waals surface area contributed by atoms with Gasteiger partial charge in [0, 0.05) is 30.4 Å². The molecule has 22 heavy (non-hydrogen) atoms. The van der Waals surface area contributed by atoms with E-state index in [1.807, 2.05) is 37.4 Å². The maximum absolute atomic E-state index is 6.32. The molecule has 2 heterocycles. The predicted molar refractivity (Wildman–Crippen MR) is 89.8 cm³/mol. The van der Waals surface area contributed by atoms with Crippen molar-refractivity contribution in [2.24, 2.45) is 5.92 Å². The van der Waals surface area contributed by atoms with Gasteiger partial charge in [-0.1, -0.05) is 29.3 Å².